The van der Waals surface area contributed by atoms with Crippen LogP contribution in [0.5, 0.6) is 5.75 Å². The first-order valence-corrected chi connectivity index (χ1v) is 7.16. The van der Waals surface area contributed by atoms with Crippen molar-refractivity contribution in [1.29, 1.82) is 0 Å². The summed E-state index contributed by atoms with van der Waals surface area (Å²) >= 11 is 4.70. The van der Waals surface area contributed by atoms with Crippen LogP contribution in [0.2, 0.25) is 0 Å². The molecule has 0 radical (unpaired) electrons. The Hall–Kier alpha value is -1.40. The third kappa shape index (κ3) is 3.13. The van der Waals surface area contributed by atoms with Gasteiger partial charge in [-0.2, -0.15) is 4.37 Å². The number of halogens is 1. The molecule has 0 atom stereocenters. The molecule has 1 aromatic heterocycles. The van der Waals surface area contributed by atoms with Crippen LogP contribution >= 0.6 is 27.5 Å². The number of nitrogens with zero attached hydrogens (tertiary/aromatic N) is 1. The summed E-state index contributed by atoms with van der Waals surface area (Å²) in [7, 11) is 1.61. The van der Waals surface area contributed by atoms with Gasteiger partial charge in [0.25, 0.3) is 0 Å². The minimum atomic E-state index is 0.00992. The molecule has 6 heteroatoms. The molecule has 2 aromatic rings. The van der Waals surface area contributed by atoms with E-state index in [1.54, 1.807) is 14.0 Å². The van der Waals surface area contributed by atoms with E-state index in [1.807, 2.05) is 25.1 Å². The minimum absolute atomic E-state index is 0.00992. The van der Waals surface area contributed by atoms with E-state index in [1.165, 1.54) is 11.5 Å². The smallest absolute Gasteiger partial charge is 0.164 e. The second-order valence-electron chi connectivity index (χ2n) is 4.03. The van der Waals surface area contributed by atoms with Gasteiger partial charge in [0.05, 0.1) is 18.4 Å². The molecule has 0 spiro atoms. The summed E-state index contributed by atoms with van der Waals surface area (Å²) in [5.74, 6) is 0.748. The number of ketones is 1. The Morgan fingerprint density at radius 2 is 2.16 bits per heavy atom. The average molecular weight is 341 g/mol. The highest BCUT2D eigenvalue weighted by molar-refractivity contribution is 9.10. The summed E-state index contributed by atoms with van der Waals surface area (Å²) in [6, 6.07) is 5.65. The predicted octanol–water partition coefficient (Wildman–Crippen LogP) is 4.17. The number of rotatable bonds is 4. The number of hydrogen-bond acceptors (Lipinski definition) is 5. The van der Waals surface area contributed by atoms with E-state index < -0.39 is 0 Å². The van der Waals surface area contributed by atoms with Gasteiger partial charge in [-0.05, 0) is 37.5 Å². The molecule has 1 heterocycles. The molecule has 0 saturated heterocycles. The lowest BCUT2D eigenvalue weighted by Crippen LogP contribution is -1.99. The first-order valence-electron chi connectivity index (χ1n) is 5.60. The zero-order valence-electron chi connectivity index (χ0n) is 10.8. The normalized spacial score (nSPS) is 10.3. The maximum absolute atomic E-state index is 11.6. The van der Waals surface area contributed by atoms with Crippen molar-refractivity contribution in [3.8, 4) is 5.75 Å². The Morgan fingerprint density at radius 1 is 1.42 bits per heavy atom. The molecule has 4 nitrogen and oxygen atoms in total. The van der Waals surface area contributed by atoms with Crippen molar-refractivity contribution in [2.24, 2.45) is 0 Å². The molecular formula is C13H13BrN2O2S. The molecule has 0 bridgehead atoms. The molecule has 0 amide bonds. The van der Waals surface area contributed by atoms with Gasteiger partial charge in [0, 0.05) is 16.2 Å². The average Bonchev–Trinajstić information content (AvgIpc) is 2.69. The summed E-state index contributed by atoms with van der Waals surface area (Å²) in [5, 5.41) is 3.97. The molecule has 0 aliphatic heterocycles. The summed E-state index contributed by atoms with van der Waals surface area (Å²) in [5.41, 5.74) is 2.24. The van der Waals surface area contributed by atoms with Crippen LogP contribution in [0, 0.1) is 6.92 Å². The lowest BCUT2D eigenvalue weighted by Gasteiger charge is -2.08. The highest BCUT2D eigenvalue weighted by atomic mass is 79.9. The number of nitrogens with one attached hydrogen (secondary N) is 1. The quantitative estimate of drug-likeness (QED) is 0.848. The minimum Gasteiger partial charge on any atom is -0.497 e. The van der Waals surface area contributed by atoms with Crippen LogP contribution in [0.25, 0.3) is 0 Å². The number of hydrogen-bond donors (Lipinski definition) is 1. The van der Waals surface area contributed by atoms with E-state index in [-0.39, 0.29) is 5.78 Å². The first-order chi connectivity index (χ1) is 9.01. The molecule has 0 fully saturated rings. The molecule has 1 aromatic carbocycles. The van der Waals surface area contributed by atoms with Gasteiger partial charge >= 0.3 is 0 Å². The zero-order valence-corrected chi connectivity index (χ0v) is 13.2. The highest BCUT2D eigenvalue weighted by Crippen LogP contribution is 2.31. The fourth-order valence-electron chi connectivity index (χ4n) is 1.75. The fourth-order valence-corrected chi connectivity index (χ4v) is 3.09. The van der Waals surface area contributed by atoms with Crippen LogP contribution in [-0.2, 0) is 0 Å². The van der Waals surface area contributed by atoms with Crippen LogP contribution in [-0.4, -0.2) is 17.3 Å². The Morgan fingerprint density at radius 3 is 2.79 bits per heavy atom. The maximum Gasteiger partial charge on any atom is 0.164 e. The lowest BCUT2D eigenvalue weighted by atomic mass is 10.2. The number of methoxy groups -OCH3 is 1. The topological polar surface area (TPSA) is 51.2 Å². The van der Waals surface area contributed by atoms with Crippen molar-refractivity contribution in [1.82, 2.24) is 4.37 Å². The Kier molecular flexibility index (Phi) is 4.21. The molecular weight excluding hydrogens is 328 g/mol. The molecule has 0 unspecified atom stereocenters. The van der Waals surface area contributed by atoms with Gasteiger partial charge in [-0.1, -0.05) is 15.9 Å². The van der Waals surface area contributed by atoms with Crippen LogP contribution in [0.4, 0.5) is 10.7 Å². The SMILES string of the molecule is COc1cc(Br)cc(Nc2snc(C)c2C(C)=O)c1. The second-order valence-corrected chi connectivity index (χ2v) is 5.72. The second kappa shape index (κ2) is 5.71. The first kappa shape index (κ1) is 14.0. The van der Waals surface area contributed by atoms with Crippen LogP contribution in [0.15, 0.2) is 22.7 Å². The van der Waals surface area contributed by atoms with Crippen molar-refractivity contribution < 1.29 is 9.53 Å². The van der Waals surface area contributed by atoms with Crippen LogP contribution in [0.3, 0.4) is 0 Å². The van der Waals surface area contributed by atoms with Crippen LogP contribution in [0.1, 0.15) is 23.0 Å². The molecule has 0 aliphatic rings. The van der Waals surface area contributed by atoms with E-state index in [2.05, 4.69) is 25.6 Å². The number of Topliss-reactive ketones (excluding diaryl/α,β-unsaturated/α-hetero) is 1. The van der Waals surface area contributed by atoms with E-state index >= 15 is 0 Å². The molecule has 0 saturated carbocycles. The van der Waals surface area contributed by atoms with Crippen molar-refractivity contribution in [2.45, 2.75) is 13.8 Å². The van der Waals surface area contributed by atoms with E-state index in [9.17, 15) is 4.79 Å². The Bertz CT molecular complexity index is 625. The van der Waals surface area contributed by atoms with Gasteiger partial charge in [0.2, 0.25) is 0 Å². The monoisotopic (exact) mass is 340 g/mol. The predicted molar refractivity (Wildman–Crippen MR) is 80.8 cm³/mol. The standard InChI is InChI=1S/C13H13BrN2O2S/c1-7-12(8(2)17)13(19-16-7)15-10-4-9(14)5-11(6-10)18-3/h4-6,15H,1-3H3. The van der Waals surface area contributed by atoms with Crippen molar-refractivity contribution in [2.75, 3.05) is 12.4 Å². The van der Waals surface area contributed by atoms with Crippen LogP contribution < -0.4 is 10.1 Å². The summed E-state index contributed by atoms with van der Waals surface area (Å²) in [6.07, 6.45) is 0. The van der Waals surface area contributed by atoms with E-state index in [4.69, 9.17) is 4.74 Å². The van der Waals surface area contributed by atoms with E-state index in [0.29, 0.717) is 5.56 Å². The molecule has 19 heavy (non-hydrogen) atoms. The molecule has 100 valence electrons. The third-order valence-corrected chi connectivity index (χ3v) is 3.89. The van der Waals surface area contributed by atoms with Crippen molar-refractivity contribution in [3.05, 3.63) is 33.9 Å². The van der Waals surface area contributed by atoms with Gasteiger partial charge in [-0.25, -0.2) is 0 Å². The van der Waals surface area contributed by atoms with E-state index in [0.717, 1.165) is 26.6 Å². The maximum atomic E-state index is 11.6. The van der Waals surface area contributed by atoms with Gasteiger partial charge in [-0.15, -0.1) is 0 Å². The molecule has 2 rings (SSSR count). The van der Waals surface area contributed by atoms with Gasteiger partial charge in [0.15, 0.2) is 5.78 Å². The van der Waals surface area contributed by atoms with Gasteiger partial charge in [-0.3, -0.25) is 4.79 Å². The number of aromatic nitrogens is 1. The summed E-state index contributed by atoms with van der Waals surface area (Å²) in [4.78, 5) is 11.6. The Balaban J connectivity index is 2.36. The number of ether oxygens (including phenoxy) is 1. The number of carbonyl (C=O) groups excluding carboxylic acids is 1. The van der Waals surface area contributed by atoms with Crippen molar-refractivity contribution in [3.63, 3.8) is 0 Å². The number of benzene rings is 1. The Labute approximate surface area is 124 Å². The summed E-state index contributed by atoms with van der Waals surface area (Å²) in [6.45, 7) is 3.38. The third-order valence-electron chi connectivity index (χ3n) is 2.58. The number of carbonyl (C=O) groups is 1. The number of aryl methyl sites for hydroxylation is 1. The summed E-state index contributed by atoms with van der Waals surface area (Å²) < 4.78 is 10.3. The lowest BCUT2D eigenvalue weighted by molar-refractivity contribution is 0.101. The molecule has 0 aliphatic carbocycles. The van der Waals surface area contributed by atoms with Crippen molar-refractivity contribution >= 4 is 43.9 Å². The zero-order chi connectivity index (χ0) is 14.0. The highest BCUT2D eigenvalue weighted by Gasteiger charge is 2.15. The fraction of sp³-hybridized carbons (Fsp3) is 0.231. The van der Waals surface area contributed by atoms with Gasteiger partial charge < -0.3 is 10.1 Å². The van der Waals surface area contributed by atoms with Gasteiger partial charge in [0.1, 0.15) is 10.8 Å². The molecule has 1 N–H and O–H groups in total. The largest absolute Gasteiger partial charge is 0.497 e. The number of anilines is 2.